The van der Waals surface area contributed by atoms with Crippen LogP contribution in [0.15, 0.2) is 18.2 Å². The fourth-order valence-corrected chi connectivity index (χ4v) is 5.64. The van der Waals surface area contributed by atoms with Gasteiger partial charge in [0.05, 0.1) is 5.56 Å². The third kappa shape index (κ3) is 5.21. The van der Waals surface area contributed by atoms with Crippen molar-refractivity contribution in [3.8, 4) is 0 Å². The van der Waals surface area contributed by atoms with Crippen LogP contribution in [0.1, 0.15) is 55.5 Å². The van der Waals surface area contributed by atoms with Crippen molar-refractivity contribution in [2.24, 2.45) is 11.8 Å². The zero-order valence-corrected chi connectivity index (χ0v) is 22.1. The molecule has 1 spiro atoms. The first-order chi connectivity index (χ1) is 17.5. The van der Waals surface area contributed by atoms with Crippen LogP contribution in [0.25, 0.3) is 0 Å². The average Bonchev–Trinajstić information content (AvgIpc) is 3.05. The minimum atomic E-state index is -0.956. The van der Waals surface area contributed by atoms with Crippen LogP contribution in [0.2, 0.25) is 0 Å². The fourth-order valence-electron chi connectivity index (χ4n) is 5.64. The van der Waals surface area contributed by atoms with Gasteiger partial charge in [0.2, 0.25) is 5.91 Å². The predicted octanol–water partition coefficient (Wildman–Crippen LogP) is 2.57. The average molecular weight is 517 g/mol. The molecule has 9 nitrogen and oxygen atoms in total. The molecule has 1 N–H and O–H groups in total. The number of hydrogen-bond acceptors (Lipinski definition) is 5. The van der Waals surface area contributed by atoms with E-state index in [1.807, 2.05) is 13.8 Å². The van der Waals surface area contributed by atoms with Crippen LogP contribution in [0.3, 0.4) is 0 Å². The third-order valence-electron chi connectivity index (χ3n) is 8.01. The van der Waals surface area contributed by atoms with Crippen LogP contribution in [-0.4, -0.2) is 89.9 Å². The van der Waals surface area contributed by atoms with E-state index in [0.29, 0.717) is 32.6 Å². The number of piperidine rings is 1. The normalized spacial score (nSPS) is 21.2. The van der Waals surface area contributed by atoms with E-state index in [2.05, 4.69) is 5.32 Å². The molecule has 0 bridgehead atoms. The third-order valence-corrected chi connectivity index (χ3v) is 8.01. The quantitative estimate of drug-likeness (QED) is 0.586. The molecule has 3 saturated heterocycles. The van der Waals surface area contributed by atoms with Crippen molar-refractivity contribution in [3.05, 3.63) is 35.1 Å². The number of likely N-dealkylation sites (N-methyl/N-ethyl adjacent to an activating group) is 1. The fraction of sp³-hybridized carbons (Fsp3) is 0.630. The van der Waals surface area contributed by atoms with Gasteiger partial charge in [0.15, 0.2) is 0 Å². The smallest absolute Gasteiger partial charge is 0.327 e. The van der Waals surface area contributed by atoms with Crippen molar-refractivity contribution in [2.45, 2.75) is 58.0 Å². The van der Waals surface area contributed by atoms with Crippen molar-refractivity contribution < 1.29 is 28.3 Å². The van der Waals surface area contributed by atoms with E-state index in [9.17, 15) is 23.6 Å². The number of ether oxygens (including phenoxy) is 1. The molecule has 202 valence electrons. The molecule has 0 radical (unpaired) electrons. The van der Waals surface area contributed by atoms with Crippen LogP contribution in [0.5, 0.6) is 0 Å². The lowest BCUT2D eigenvalue weighted by atomic mass is 9.84. The Labute approximate surface area is 217 Å². The number of rotatable bonds is 6. The van der Waals surface area contributed by atoms with Gasteiger partial charge < -0.3 is 19.9 Å². The number of carbonyl (C=O) groups is 4. The van der Waals surface area contributed by atoms with Crippen molar-refractivity contribution >= 4 is 23.8 Å². The molecule has 3 fully saturated rings. The number of carbonyl (C=O) groups excluding carboxylic acids is 4. The van der Waals surface area contributed by atoms with Gasteiger partial charge in [-0.05, 0) is 56.6 Å². The van der Waals surface area contributed by atoms with Gasteiger partial charge in [0.25, 0.3) is 11.8 Å². The number of nitrogens with zero attached hydrogens (tertiary/aromatic N) is 3. The number of imide groups is 1. The Morgan fingerprint density at radius 3 is 2.43 bits per heavy atom. The van der Waals surface area contributed by atoms with Gasteiger partial charge in [0.1, 0.15) is 17.4 Å². The molecule has 0 unspecified atom stereocenters. The Hall–Kier alpha value is -3.01. The number of urea groups is 1. The summed E-state index contributed by atoms with van der Waals surface area (Å²) < 4.78 is 19.7. The largest absolute Gasteiger partial charge is 0.381 e. The molecule has 0 saturated carbocycles. The van der Waals surface area contributed by atoms with Gasteiger partial charge in [-0.15, -0.1) is 0 Å². The van der Waals surface area contributed by atoms with Gasteiger partial charge >= 0.3 is 6.03 Å². The lowest BCUT2D eigenvalue weighted by molar-refractivity contribution is -0.142. The van der Waals surface area contributed by atoms with Gasteiger partial charge in [-0.2, -0.15) is 0 Å². The Kier molecular flexibility index (Phi) is 7.87. The predicted molar refractivity (Wildman–Crippen MR) is 134 cm³/mol. The van der Waals surface area contributed by atoms with E-state index in [1.165, 1.54) is 24.1 Å². The first kappa shape index (κ1) is 27.0. The summed E-state index contributed by atoms with van der Waals surface area (Å²) in [6.45, 7) is 7.79. The molecule has 1 aromatic rings. The summed E-state index contributed by atoms with van der Waals surface area (Å²) in [7, 11) is 1.52. The minimum Gasteiger partial charge on any atom is -0.381 e. The highest BCUT2D eigenvalue weighted by Gasteiger charge is 2.57. The second-order valence-corrected chi connectivity index (χ2v) is 10.8. The van der Waals surface area contributed by atoms with Crippen molar-refractivity contribution in [1.82, 2.24) is 20.0 Å². The summed E-state index contributed by atoms with van der Waals surface area (Å²) in [4.78, 5) is 57.2. The standard InChI is InChI=1S/C27H37FN4O5/c1-17(2)22(29-23(33)20-15-18(3)5-6-21(20)28)24(34)31-11-9-27(10-12-31)25(35)30(4)26(36)32(27)16-19-7-13-37-14-8-19/h5-6,15,17,19,22H,7-14,16H2,1-4H3,(H,29,33)/t22-/m1/s1. The Bertz CT molecular complexity index is 1060. The van der Waals surface area contributed by atoms with E-state index >= 15 is 0 Å². The Morgan fingerprint density at radius 1 is 1.16 bits per heavy atom. The number of amides is 5. The number of aryl methyl sites for hydroxylation is 1. The number of likely N-dealkylation sites (tertiary alicyclic amines) is 1. The summed E-state index contributed by atoms with van der Waals surface area (Å²) in [5.41, 5.74) is -0.313. The van der Waals surface area contributed by atoms with Gasteiger partial charge in [0, 0.05) is 39.9 Å². The van der Waals surface area contributed by atoms with E-state index in [-0.39, 0.29) is 48.3 Å². The zero-order valence-electron chi connectivity index (χ0n) is 22.1. The second-order valence-electron chi connectivity index (χ2n) is 10.8. The summed E-state index contributed by atoms with van der Waals surface area (Å²) >= 11 is 0. The topological polar surface area (TPSA) is 99.3 Å². The van der Waals surface area contributed by atoms with Gasteiger partial charge in [-0.1, -0.05) is 25.5 Å². The van der Waals surface area contributed by atoms with Crippen LogP contribution < -0.4 is 5.32 Å². The Morgan fingerprint density at radius 2 is 1.81 bits per heavy atom. The zero-order chi connectivity index (χ0) is 26.9. The monoisotopic (exact) mass is 516 g/mol. The molecule has 0 aromatic heterocycles. The van der Waals surface area contributed by atoms with Crippen LogP contribution in [0, 0.1) is 24.6 Å². The molecule has 5 amide bonds. The van der Waals surface area contributed by atoms with Crippen molar-refractivity contribution in [2.75, 3.05) is 39.9 Å². The first-order valence-electron chi connectivity index (χ1n) is 13.1. The minimum absolute atomic E-state index is 0.0992. The molecule has 3 heterocycles. The Balaban J connectivity index is 1.46. The maximum Gasteiger partial charge on any atom is 0.327 e. The number of benzene rings is 1. The van der Waals surface area contributed by atoms with E-state index < -0.39 is 23.3 Å². The number of nitrogens with one attached hydrogen (secondary N) is 1. The molecular weight excluding hydrogens is 479 g/mol. The lowest BCUT2D eigenvalue weighted by Crippen LogP contribution is -2.60. The molecule has 1 atom stereocenters. The number of halogens is 1. The molecular formula is C27H37FN4O5. The molecule has 3 aliphatic rings. The summed E-state index contributed by atoms with van der Waals surface area (Å²) in [6.07, 6.45) is 2.36. The lowest BCUT2D eigenvalue weighted by Gasteiger charge is -2.44. The molecule has 37 heavy (non-hydrogen) atoms. The molecule has 1 aromatic carbocycles. The summed E-state index contributed by atoms with van der Waals surface area (Å²) in [6, 6.07) is 3.15. The van der Waals surface area contributed by atoms with Crippen LogP contribution in [0.4, 0.5) is 9.18 Å². The molecule has 4 rings (SSSR count). The number of hydrogen-bond donors (Lipinski definition) is 1. The van der Waals surface area contributed by atoms with Gasteiger partial charge in [-0.3, -0.25) is 19.3 Å². The highest BCUT2D eigenvalue weighted by atomic mass is 19.1. The van der Waals surface area contributed by atoms with Crippen molar-refractivity contribution in [3.63, 3.8) is 0 Å². The van der Waals surface area contributed by atoms with Gasteiger partial charge in [-0.25, -0.2) is 9.18 Å². The maximum absolute atomic E-state index is 14.3. The highest BCUT2D eigenvalue weighted by molar-refractivity contribution is 6.07. The molecule has 0 aliphatic carbocycles. The summed E-state index contributed by atoms with van der Waals surface area (Å²) in [5, 5.41) is 2.72. The highest BCUT2D eigenvalue weighted by Crippen LogP contribution is 2.38. The first-order valence-corrected chi connectivity index (χ1v) is 13.1. The second kappa shape index (κ2) is 10.8. The van der Waals surface area contributed by atoms with Crippen molar-refractivity contribution in [1.29, 1.82) is 0 Å². The molecule has 3 aliphatic heterocycles. The van der Waals surface area contributed by atoms with E-state index in [1.54, 1.807) is 22.8 Å². The molecule has 10 heteroatoms. The van der Waals surface area contributed by atoms with E-state index in [0.717, 1.165) is 18.4 Å². The van der Waals surface area contributed by atoms with Crippen LogP contribution >= 0.6 is 0 Å². The van der Waals surface area contributed by atoms with Crippen LogP contribution in [-0.2, 0) is 14.3 Å². The van der Waals surface area contributed by atoms with E-state index in [4.69, 9.17) is 4.74 Å². The SMILES string of the molecule is Cc1ccc(F)c(C(=O)N[C@@H](C(=O)N2CCC3(CC2)C(=O)N(C)C(=O)N3CC2CCOCC2)C(C)C)c1. The summed E-state index contributed by atoms with van der Waals surface area (Å²) in [5.74, 6) is -1.73. The maximum atomic E-state index is 14.3.